The lowest BCUT2D eigenvalue weighted by Crippen LogP contribution is -2.30. The smallest absolute Gasteiger partial charge is 0.191 e. The molecule has 33 heavy (non-hydrogen) atoms. The van der Waals surface area contributed by atoms with Crippen LogP contribution in [0.2, 0.25) is 0 Å². The number of nitrogens with one attached hydrogen (secondary N) is 1. The van der Waals surface area contributed by atoms with Crippen LogP contribution in [-0.2, 0) is 0 Å². The Morgan fingerprint density at radius 3 is 2.70 bits per heavy atom. The highest BCUT2D eigenvalue weighted by Crippen LogP contribution is 2.44. The molecule has 0 radical (unpaired) electrons. The number of anilines is 1. The summed E-state index contributed by atoms with van der Waals surface area (Å²) in [4.78, 5) is 9.47. The molecular formula is C23H30N6O3S. The first-order chi connectivity index (χ1) is 16.1. The number of hydrogen-bond donors (Lipinski definition) is 4. The second-order valence-electron chi connectivity index (χ2n) is 8.97. The Kier molecular flexibility index (Phi) is 6.51. The van der Waals surface area contributed by atoms with Crippen molar-refractivity contribution in [1.29, 1.82) is 0 Å². The van der Waals surface area contributed by atoms with Gasteiger partial charge in [0, 0.05) is 24.3 Å². The fraction of sp³-hybridized carbons (Fsp3) is 0.565. The second-order valence-corrected chi connectivity index (χ2v) is 10.0. The van der Waals surface area contributed by atoms with Crippen LogP contribution in [0.25, 0.3) is 11.2 Å². The van der Waals surface area contributed by atoms with Crippen molar-refractivity contribution >= 4 is 28.7 Å². The van der Waals surface area contributed by atoms with E-state index in [0.29, 0.717) is 40.9 Å². The van der Waals surface area contributed by atoms with E-state index >= 15 is 0 Å². The topological polar surface area (TPSA) is 129 Å². The van der Waals surface area contributed by atoms with Gasteiger partial charge >= 0.3 is 0 Å². The van der Waals surface area contributed by atoms with Gasteiger partial charge in [-0.3, -0.25) is 0 Å². The summed E-state index contributed by atoms with van der Waals surface area (Å²) in [6.45, 7) is 2.08. The molecule has 6 atom stereocenters. The fourth-order valence-electron chi connectivity index (χ4n) is 4.79. The fourth-order valence-corrected chi connectivity index (χ4v) is 5.48. The van der Waals surface area contributed by atoms with Crippen LogP contribution in [0.3, 0.4) is 0 Å². The Bertz CT molecular complexity index is 1100. The van der Waals surface area contributed by atoms with E-state index in [-0.39, 0.29) is 18.6 Å². The first-order valence-electron chi connectivity index (χ1n) is 11.6. The molecule has 9 nitrogen and oxygen atoms in total. The lowest BCUT2D eigenvalue weighted by atomic mass is 10.0. The minimum Gasteiger partial charge on any atom is -0.396 e. The lowest BCUT2D eigenvalue weighted by molar-refractivity contribution is 0.00107. The van der Waals surface area contributed by atoms with E-state index in [0.717, 1.165) is 18.6 Å². The minimum absolute atomic E-state index is 0.0305. The molecule has 2 aliphatic carbocycles. The van der Waals surface area contributed by atoms with Crippen LogP contribution in [0.15, 0.2) is 35.5 Å². The van der Waals surface area contributed by atoms with E-state index in [1.54, 1.807) is 16.4 Å². The molecular weight excluding hydrogens is 440 g/mol. The maximum absolute atomic E-state index is 10.7. The third-order valence-electron chi connectivity index (χ3n) is 6.66. The molecule has 0 saturated heterocycles. The zero-order valence-corrected chi connectivity index (χ0v) is 19.4. The van der Waals surface area contributed by atoms with Crippen LogP contribution in [0.4, 0.5) is 5.82 Å². The standard InChI is InChI=1S/C23H30N6O3S/c1-2-10-33-23-25-21(24-16-12-15(16)13-6-4-3-5-7-13)18-22(26-23)29(28-27-18)17-11-14(8-9-30)19(31)20(17)32/h3-7,14-17,19-20,30-32H,2,8-12H2,1H3,(H,24,25,26). The van der Waals surface area contributed by atoms with Crippen molar-refractivity contribution in [3.63, 3.8) is 0 Å². The summed E-state index contributed by atoms with van der Waals surface area (Å²) in [7, 11) is 0. The van der Waals surface area contributed by atoms with Crippen LogP contribution in [0.5, 0.6) is 0 Å². The maximum Gasteiger partial charge on any atom is 0.191 e. The van der Waals surface area contributed by atoms with Crippen LogP contribution < -0.4 is 5.32 Å². The van der Waals surface area contributed by atoms with Crippen molar-refractivity contribution in [2.75, 3.05) is 17.7 Å². The van der Waals surface area contributed by atoms with Gasteiger partial charge in [0.25, 0.3) is 0 Å². The average Bonchev–Trinajstić information content (AvgIpc) is 3.39. The number of aliphatic hydroxyl groups excluding tert-OH is 3. The van der Waals surface area contributed by atoms with Crippen molar-refractivity contribution in [3.05, 3.63) is 35.9 Å². The van der Waals surface area contributed by atoms with E-state index in [9.17, 15) is 15.3 Å². The van der Waals surface area contributed by atoms with E-state index in [4.69, 9.17) is 9.97 Å². The Morgan fingerprint density at radius 2 is 1.94 bits per heavy atom. The number of fused-ring (bicyclic) bond motifs is 1. The molecule has 4 N–H and O–H groups in total. The van der Waals surface area contributed by atoms with Crippen LogP contribution >= 0.6 is 11.8 Å². The number of hydrogen-bond acceptors (Lipinski definition) is 9. The number of aromatic nitrogens is 5. The molecule has 2 heterocycles. The van der Waals surface area contributed by atoms with Gasteiger partial charge in [-0.25, -0.2) is 14.6 Å². The highest BCUT2D eigenvalue weighted by molar-refractivity contribution is 7.99. The molecule has 1 aromatic carbocycles. The molecule has 0 amide bonds. The second kappa shape index (κ2) is 9.54. The Hall–Kier alpha value is -2.27. The van der Waals surface area contributed by atoms with Crippen molar-refractivity contribution in [2.24, 2.45) is 5.92 Å². The largest absolute Gasteiger partial charge is 0.396 e. The molecule has 0 aliphatic heterocycles. The molecule has 5 rings (SSSR count). The normalized spacial score (nSPS) is 29.0. The number of nitrogens with zero attached hydrogens (tertiary/aromatic N) is 5. The zero-order chi connectivity index (χ0) is 22.9. The van der Waals surface area contributed by atoms with Crippen LogP contribution in [0.1, 0.15) is 50.1 Å². The third kappa shape index (κ3) is 4.44. The van der Waals surface area contributed by atoms with Crippen LogP contribution in [0, 0.1) is 5.92 Å². The highest BCUT2D eigenvalue weighted by atomic mass is 32.2. The van der Waals surface area contributed by atoms with Crippen molar-refractivity contribution < 1.29 is 15.3 Å². The van der Waals surface area contributed by atoms with Gasteiger partial charge in [-0.15, -0.1) is 5.10 Å². The van der Waals surface area contributed by atoms with Gasteiger partial charge < -0.3 is 20.6 Å². The Balaban J connectivity index is 1.45. The maximum atomic E-state index is 10.7. The first-order valence-corrected chi connectivity index (χ1v) is 12.6. The molecule has 6 unspecified atom stereocenters. The van der Waals surface area contributed by atoms with Gasteiger partial charge in [0.05, 0.1) is 12.1 Å². The summed E-state index contributed by atoms with van der Waals surface area (Å²) in [6.07, 6.45) is 1.07. The Morgan fingerprint density at radius 1 is 1.12 bits per heavy atom. The average molecular weight is 471 g/mol. The van der Waals surface area contributed by atoms with E-state index in [2.05, 4.69) is 46.8 Å². The minimum atomic E-state index is -0.990. The number of thioether (sulfide) groups is 1. The number of aliphatic hydroxyl groups is 3. The summed E-state index contributed by atoms with van der Waals surface area (Å²) in [5.41, 5.74) is 2.44. The van der Waals surface area contributed by atoms with Crippen LogP contribution in [-0.4, -0.2) is 70.9 Å². The van der Waals surface area contributed by atoms with Gasteiger partial charge in [-0.05, 0) is 37.2 Å². The SMILES string of the molecule is CCCSc1nc(NC2CC2c2ccccc2)c2nnn(C3CC(CCO)C(O)C3O)c2n1. The highest BCUT2D eigenvalue weighted by Gasteiger charge is 2.44. The van der Waals surface area contributed by atoms with Crippen molar-refractivity contribution in [2.45, 2.75) is 68.0 Å². The van der Waals surface area contributed by atoms with E-state index in [1.807, 2.05) is 6.07 Å². The van der Waals surface area contributed by atoms with E-state index in [1.165, 1.54) is 5.56 Å². The molecule has 2 fully saturated rings. The summed E-state index contributed by atoms with van der Waals surface area (Å²) < 4.78 is 1.63. The monoisotopic (exact) mass is 470 g/mol. The van der Waals surface area contributed by atoms with Crippen molar-refractivity contribution in [1.82, 2.24) is 25.0 Å². The van der Waals surface area contributed by atoms with Gasteiger partial charge in [0.2, 0.25) is 0 Å². The van der Waals surface area contributed by atoms with Gasteiger partial charge in [0.1, 0.15) is 6.10 Å². The van der Waals surface area contributed by atoms with Crippen molar-refractivity contribution in [3.8, 4) is 0 Å². The zero-order valence-electron chi connectivity index (χ0n) is 18.6. The van der Waals surface area contributed by atoms with E-state index < -0.39 is 18.2 Å². The van der Waals surface area contributed by atoms with Gasteiger partial charge in [0.15, 0.2) is 22.1 Å². The molecule has 2 aliphatic rings. The molecule has 2 aromatic heterocycles. The molecule has 2 saturated carbocycles. The molecule has 3 aromatic rings. The molecule has 0 spiro atoms. The molecule has 10 heteroatoms. The van der Waals surface area contributed by atoms with Gasteiger partial charge in [-0.1, -0.05) is 54.2 Å². The predicted octanol–water partition coefficient (Wildman–Crippen LogP) is 2.36. The first kappa shape index (κ1) is 22.5. The summed E-state index contributed by atoms with van der Waals surface area (Å²) in [5, 5.41) is 43.3. The number of benzene rings is 1. The van der Waals surface area contributed by atoms with Gasteiger partial charge in [-0.2, -0.15) is 0 Å². The Labute approximate surface area is 196 Å². The summed E-state index contributed by atoms with van der Waals surface area (Å²) in [6, 6.07) is 10.3. The number of rotatable bonds is 9. The predicted molar refractivity (Wildman–Crippen MR) is 126 cm³/mol. The third-order valence-corrected chi connectivity index (χ3v) is 7.72. The molecule has 0 bridgehead atoms. The summed E-state index contributed by atoms with van der Waals surface area (Å²) in [5.74, 6) is 1.80. The molecule has 176 valence electrons. The quantitative estimate of drug-likeness (QED) is 0.275. The lowest BCUT2D eigenvalue weighted by Gasteiger charge is -2.17. The summed E-state index contributed by atoms with van der Waals surface area (Å²) >= 11 is 1.58.